The van der Waals surface area contributed by atoms with Crippen LogP contribution in [-0.4, -0.2) is 10.4 Å². The van der Waals surface area contributed by atoms with Crippen molar-refractivity contribution < 1.29 is 5.11 Å². The highest BCUT2D eigenvalue weighted by Gasteiger charge is 2.18. The average molecular weight is 243 g/mol. The second-order valence-electron chi connectivity index (χ2n) is 3.90. The molecule has 0 heterocycles. The minimum Gasteiger partial charge on any atom is -0.392 e. The van der Waals surface area contributed by atoms with Crippen molar-refractivity contribution in [2.45, 2.75) is 42.4 Å². The number of halogens is 1. The van der Waals surface area contributed by atoms with Gasteiger partial charge < -0.3 is 5.11 Å². The molecule has 0 amide bonds. The van der Waals surface area contributed by atoms with Crippen LogP contribution in [0, 0.1) is 0 Å². The molecule has 0 unspecified atom stereocenters. The lowest BCUT2D eigenvalue weighted by molar-refractivity contribution is 0.279. The molecule has 0 saturated heterocycles. The molecular weight excluding hydrogens is 228 g/mol. The first-order valence-electron chi connectivity index (χ1n) is 5.36. The molecule has 82 valence electrons. The van der Waals surface area contributed by atoms with Gasteiger partial charge in [-0.1, -0.05) is 30.5 Å². The minimum atomic E-state index is 0.0364. The van der Waals surface area contributed by atoms with E-state index in [1.807, 2.05) is 23.9 Å². The Morgan fingerprint density at radius 1 is 1.33 bits per heavy atom. The summed E-state index contributed by atoms with van der Waals surface area (Å²) < 4.78 is 0. The fourth-order valence-electron chi connectivity index (χ4n) is 1.99. The second-order valence-corrected chi connectivity index (χ2v) is 5.65. The van der Waals surface area contributed by atoms with Crippen molar-refractivity contribution in [1.29, 1.82) is 0 Å². The summed E-state index contributed by atoms with van der Waals surface area (Å²) in [6, 6.07) is 5.85. The van der Waals surface area contributed by atoms with Crippen molar-refractivity contribution in [3.63, 3.8) is 0 Å². The summed E-state index contributed by atoms with van der Waals surface area (Å²) in [5.41, 5.74) is 0.885. The first-order chi connectivity index (χ1) is 7.31. The first kappa shape index (κ1) is 11.3. The molecule has 0 atom stereocenters. The van der Waals surface area contributed by atoms with Gasteiger partial charge in [-0.2, -0.15) is 0 Å². The maximum absolute atomic E-state index is 9.28. The van der Waals surface area contributed by atoms with Crippen molar-refractivity contribution in [3.8, 4) is 0 Å². The van der Waals surface area contributed by atoms with Gasteiger partial charge in [-0.3, -0.25) is 0 Å². The van der Waals surface area contributed by atoms with Crippen LogP contribution in [0.1, 0.15) is 31.2 Å². The van der Waals surface area contributed by atoms with Gasteiger partial charge in [0.15, 0.2) is 0 Å². The van der Waals surface area contributed by atoms with Crippen molar-refractivity contribution in [3.05, 3.63) is 28.8 Å². The molecule has 1 saturated carbocycles. The molecule has 1 aliphatic rings. The Hall–Kier alpha value is -0.180. The van der Waals surface area contributed by atoms with E-state index in [0.29, 0.717) is 10.3 Å². The monoisotopic (exact) mass is 242 g/mol. The molecule has 2 rings (SSSR count). The van der Waals surface area contributed by atoms with Gasteiger partial charge in [-0.05, 0) is 25.0 Å². The SMILES string of the molecule is OCc1c(Cl)cccc1SC1CCCC1. The molecule has 0 bridgehead atoms. The number of hydrogen-bond acceptors (Lipinski definition) is 2. The van der Waals surface area contributed by atoms with Gasteiger partial charge in [0.2, 0.25) is 0 Å². The molecule has 0 aromatic heterocycles. The lowest BCUT2D eigenvalue weighted by atomic mass is 10.2. The Kier molecular flexibility index (Phi) is 3.95. The highest BCUT2D eigenvalue weighted by atomic mass is 35.5. The van der Waals surface area contributed by atoms with E-state index in [1.165, 1.54) is 25.7 Å². The Morgan fingerprint density at radius 2 is 2.07 bits per heavy atom. The summed E-state index contributed by atoms with van der Waals surface area (Å²) in [6.45, 7) is 0.0364. The van der Waals surface area contributed by atoms with Crippen LogP contribution in [0.15, 0.2) is 23.1 Å². The summed E-state index contributed by atoms with van der Waals surface area (Å²) in [5, 5.41) is 10.7. The van der Waals surface area contributed by atoms with Crippen molar-refractivity contribution in [2.75, 3.05) is 0 Å². The Bertz CT molecular complexity index is 334. The lowest BCUT2D eigenvalue weighted by Gasteiger charge is -2.12. The Labute approximate surface area is 99.8 Å². The summed E-state index contributed by atoms with van der Waals surface area (Å²) in [7, 11) is 0. The van der Waals surface area contributed by atoms with Gasteiger partial charge in [0, 0.05) is 20.7 Å². The molecule has 1 aromatic rings. The lowest BCUT2D eigenvalue weighted by Crippen LogP contribution is -1.96. The molecule has 0 aliphatic heterocycles. The molecule has 3 heteroatoms. The fourth-order valence-corrected chi connectivity index (χ4v) is 3.68. The van der Waals surface area contributed by atoms with Gasteiger partial charge in [-0.15, -0.1) is 11.8 Å². The Balaban J connectivity index is 2.15. The van der Waals surface area contributed by atoms with E-state index >= 15 is 0 Å². The zero-order valence-electron chi connectivity index (χ0n) is 8.58. The first-order valence-corrected chi connectivity index (χ1v) is 6.62. The van der Waals surface area contributed by atoms with Crippen LogP contribution in [0.2, 0.25) is 5.02 Å². The maximum Gasteiger partial charge on any atom is 0.0707 e. The predicted octanol–water partition coefficient (Wildman–Crippen LogP) is 3.87. The molecule has 1 fully saturated rings. The van der Waals surface area contributed by atoms with Crippen molar-refractivity contribution >= 4 is 23.4 Å². The summed E-state index contributed by atoms with van der Waals surface area (Å²) in [5.74, 6) is 0. The highest BCUT2D eigenvalue weighted by Crippen LogP contribution is 2.37. The number of hydrogen-bond donors (Lipinski definition) is 1. The summed E-state index contributed by atoms with van der Waals surface area (Å²) in [4.78, 5) is 1.15. The zero-order valence-corrected chi connectivity index (χ0v) is 10.2. The van der Waals surface area contributed by atoms with Crippen molar-refractivity contribution in [2.24, 2.45) is 0 Å². The van der Waals surface area contributed by atoms with E-state index in [2.05, 4.69) is 6.07 Å². The van der Waals surface area contributed by atoms with Gasteiger partial charge in [0.25, 0.3) is 0 Å². The van der Waals surface area contributed by atoms with Gasteiger partial charge in [0.1, 0.15) is 0 Å². The molecule has 1 N–H and O–H groups in total. The number of aliphatic hydroxyl groups is 1. The minimum absolute atomic E-state index is 0.0364. The van der Waals surface area contributed by atoms with E-state index < -0.39 is 0 Å². The third-order valence-electron chi connectivity index (χ3n) is 2.83. The van der Waals surface area contributed by atoms with E-state index in [-0.39, 0.29) is 6.61 Å². The van der Waals surface area contributed by atoms with Crippen LogP contribution < -0.4 is 0 Å². The van der Waals surface area contributed by atoms with Crippen LogP contribution in [0.4, 0.5) is 0 Å². The second kappa shape index (κ2) is 5.24. The number of aliphatic hydroxyl groups excluding tert-OH is 1. The van der Waals surface area contributed by atoms with Crippen LogP contribution >= 0.6 is 23.4 Å². The van der Waals surface area contributed by atoms with E-state index in [0.717, 1.165) is 10.5 Å². The van der Waals surface area contributed by atoms with Gasteiger partial charge in [-0.25, -0.2) is 0 Å². The molecule has 15 heavy (non-hydrogen) atoms. The largest absolute Gasteiger partial charge is 0.392 e. The standard InChI is InChI=1S/C12H15ClOS/c13-11-6-3-7-12(10(11)8-14)15-9-4-1-2-5-9/h3,6-7,9,14H,1-2,4-5,8H2. The molecular formula is C12H15ClOS. The van der Waals surface area contributed by atoms with E-state index in [1.54, 1.807) is 0 Å². The van der Waals surface area contributed by atoms with Crippen LogP contribution in [-0.2, 0) is 6.61 Å². The fraction of sp³-hybridized carbons (Fsp3) is 0.500. The van der Waals surface area contributed by atoms with Crippen molar-refractivity contribution in [1.82, 2.24) is 0 Å². The number of thioether (sulfide) groups is 1. The van der Waals surface area contributed by atoms with Gasteiger partial charge in [0.05, 0.1) is 6.61 Å². The topological polar surface area (TPSA) is 20.2 Å². The maximum atomic E-state index is 9.28. The van der Waals surface area contributed by atoms with Crippen LogP contribution in [0.25, 0.3) is 0 Å². The number of benzene rings is 1. The third-order valence-corrected chi connectivity index (χ3v) is 4.63. The van der Waals surface area contributed by atoms with Gasteiger partial charge >= 0.3 is 0 Å². The van der Waals surface area contributed by atoms with Crippen LogP contribution in [0.5, 0.6) is 0 Å². The average Bonchev–Trinajstić information content (AvgIpc) is 2.71. The van der Waals surface area contributed by atoms with E-state index in [4.69, 9.17) is 11.6 Å². The Morgan fingerprint density at radius 3 is 2.73 bits per heavy atom. The molecule has 0 radical (unpaired) electrons. The predicted molar refractivity (Wildman–Crippen MR) is 65.5 cm³/mol. The smallest absolute Gasteiger partial charge is 0.0707 e. The van der Waals surface area contributed by atoms with Crippen LogP contribution in [0.3, 0.4) is 0 Å². The molecule has 0 spiro atoms. The quantitative estimate of drug-likeness (QED) is 0.869. The van der Waals surface area contributed by atoms with E-state index in [9.17, 15) is 5.11 Å². The molecule has 1 nitrogen and oxygen atoms in total. The molecule has 1 aromatic carbocycles. The number of rotatable bonds is 3. The zero-order chi connectivity index (χ0) is 10.7. The third kappa shape index (κ3) is 2.68. The normalized spacial score (nSPS) is 17.2. The highest BCUT2D eigenvalue weighted by molar-refractivity contribution is 8.00. The molecule has 1 aliphatic carbocycles. The summed E-state index contributed by atoms with van der Waals surface area (Å²) >= 11 is 7.91. The summed E-state index contributed by atoms with van der Waals surface area (Å²) in [6.07, 6.45) is 5.27.